The highest BCUT2D eigenvalue weighted by Crippen LogP contribution is 2.27. The fourth-order valence-electron chi connectivity index (χ4n) is 1.91. The summed E-state index contributed by atoms with van der Waals surface area (Å²) in [5.41, 5.74) is 0.0373. The Morgan fingerprint density at radius 2 is 1.95 bits per heavy atom. The molecule has 102 valence electrons. The van der Waals surface area contributed by atoms with Gasteiger partial charge in [0.05, 0.1) is 9.94 Å². The van der Waals surface area contributed by atoms with Crippen molar-refractivity contribution >= 4 is 22.9 Å². The van der Waals surface area contributed by atoms with Crippen LogP contribution in [0.1, 0.15) is 30.3 Å². The molecule has 0 saturated heterocycles. The quantitative estimate of drug-likeness (QED) is 0.875. The van der Waals surface area contributed by atoms with Crippen molar-refractivity contribution in [3.05, 3.63) is 57.2 Å². The maximum atomic E-state index is 10.5. The number of nitrogens with one attached hydrogen (secondary N) is 1. The third-order valence-electron chi connectivity index (χ3n) is 3.17. The van der Waals surface area contributed by atoms with Gasteiger partial charge in [0.25, 0.3) is 0 Å². The zero-order valence-corrected chi connectivity index (χ0v) is 12.6. The third kappa shape index (κ3) is 3.80. The van der Waals surface area contributed by atoms with Gasteiger partial charge in [-0.25, -0.2) is 0 Å². The summed E-state index contributed by atoms with van der Waals surface area (Å²) in [7, 11) is 0. The summed E-state index contributed by atoms with van der Waals surface area (Å²) in [6, 6.07) is 13.8. The highest BCUT2D eigenvalue weighted by molar-refractivity contribution is 7.16. The van der Waals surface area contributed by atoms with Crippen molar-refractivity contribution in [2.45, 2.75) is 25.5 Å². The molecule has 0 aliphatic carbocycles. The fraction of sp³-hybridized carbons (Fsp3) is 0.333. The molecule has 0 fully saturated rings. The molecule has 2 unspecified atom stereocenters. The van der Waals surface area contributed by atoms with Crippen LogP contribution in [0.15, 0.2) is 42.5 Å². The first-order valence-electron chi connectivity index (χ1n) is 6.25. The average molecular weight is 296 g/mol. The first-order valence-corrected chi connectivity index (χ1v) is 7.45. The number of rotatable bonds is 5. The van der Waals surface area contributed by atoms with Gasteiger partial charge in [-0.15, -0.1) is 11.3 Å². The van der Waals surface area contributed by atoms with E-state index in [0.717, 1.165) is 9.90 Å². The van der Waals surface area contributed by atoms with Crippen LogP contribution in [-0.2, 0) is 5.60 Å². The zero-order chi connectivity index (χ0) is 13.9. The van der Waals surface area contributed by atoms with E-state index in [1.807, 2.05) is 49.4 Å². The first-order chi connectivity index (χ1) is 8.99. The van der Waals surface area contributed by atoms with Gasteiger partial charge < -0.3 is 10.4 Å². The molecule has 0 saturated carbocycles. The van der Waals surface area contributed by atoms with Crippen molar-refractivity contribution < 1.29 is 5.11 Å². The molecule has 1 aromatic carbocycles. The normalized spacial score (nSPS) is 16.0. The average Bonchev–Trinajstić information content (AvgIpc) is 2.84. The molecular formula is C15H18ClNOS. The Morgan fingerprint density at radius 3 is 2.53 bits per heavy atom. The molecule has 0 amide bonds. The SMILES string of the molecule is CC(NCC(C)(O)c1ccccc1)c1ccc(Cl)s1. The molecule has 19 heavy (non-hydrogen) atoms. The third-order valence-corrected chi connectivity index (χ3v) is 4.58. The molecular weight excluding hydrogens is 278 g/mol. The maximum Gasteiger partial charge on any atom is 0.0992 e. The van der Waals surface area contributed by atoms with Gasteiger partial charge in [0, 0.05) is 17.5 Å². The van der Waals surface area contributed by atoms with E-state index < -0.39 is 5.60 Å². The van der Waals surface area contributed by atoms with E-state index in [0.29, 0.717) is 6.54 Å². The number of benzene rings is 1. The lowest BCUT2D eigenvalue weighted by molar-refractivity contribution is 0.0545. The Morgan fingerprint density at radius 1 is 1.26 bits per heavy atom. The van der Waals surface area contributed by atoms with E-state index in [2.05, 4.69) is 12.2 Å². The molecule has 0 bridgehead atoms. The summed E-state index contributed by atoms with van der Waals surface area (Å²) >= 11 is 7.50. The molecule has 2 atom stereocenters. The monoisotopic (exact) mass is 295 g/mol. The molecule has 2 N–H and O–H groups in total. The van der Waals surface area contributed by atoms with Crippen molar-refractivity contribution in [2.75, 3.05) is 6.54 Å². The molecule has 2 aromatic rings. The lowest BCUT2D eigenvalue weighted by atomic mass is 9.96. The summed E-state index contributed by atoms with van der Waals surface area (Å²) < 4.78 is 0.790. The lowest BCUT2D eigenvalue weighted by Gasteiger charge is -2.26. The Hall–Kier alpha value is -0.870. The molecule has 2 nitrogen and oxygen atoms in total. The van der Waals surface area contributed by atoms with Crippen LogP contribution in [0.2, 0.25) is 4.34 Å². The van der Waals surface area contributed by atoms with Gasteiger partial charge in [-0.3, -0.25) is 0 Å². The molecule has 2 rings (SSSR count). The van der Waals surface area contributed by atoms with Crippen molar-refractivity contribution in [2.24, 2.45) is 0 Å². The van der Waals surface area contributed by atoms with Gasteiger partial charge in [0.1, 0.15) is 0 Å². The Bertz CT molecular complexity index is 524. The van der Waals surface area contributed by atoms with Crippen LogP contribution in [-0.4, -0.2) is 11.7 Å². The van der Waals surface area contributed by atoms with Crippen molar-refractivity contribution in [3.63, 3.8) is 0 Å². The predicted molar refractivity (Wildman–Crippen MR) is 81.8 cm³/mol. The summed E-state index contributed by atoms with van der Waals surface area (Å²) in [6.07, 6.45) is 0. The number of hydrogen-bond donors (Lipinski definition) is 2. The Kier molecular flexibility index (Phi) is 4.63. The van der Waals surface area contributed by atoms with Crippen LogP contribution >= 0.6 is 22.9 Å². The van der Waals surface area contributed by atoms with Crippen molar-refractivity contribution in [1.29, 1.82) is 0 Å². The van der Waals surface area contributed by atoms with Crippen LogP contribution in [0.3, 0.4) is 0 Å². The molecule has 0 spiro atoms. The van der Waals surface area contributed by atoms with Gasteiger partial charge in [-0.2, -0.15) is 0 Å². The second-order valence-electron chi connectivity index (χ2n) is 4.88. The molecule has 0 aliphatic heterocycles. The van der Waals surface area contributed by atoms with E-state index in [1.54, 1.807) is 11.3 Å². The van der Waals surface area contributed by atoms with E-state index in [-0.39, 0.29) is 6.04 Å². The smallest absolute Gasteiger partial charge is 0.0992 e. The van der Waals surface area contributed by atoms with Crippen LogP contribution in [0.5, 0.6) is 0 Å². The zero-order valence-electron chi connectivity index (χ0n) is 11.1. The fourth-order valence-corrected chi connectivity index (χ4v) is 3.00. The molecule has 0 aliphatic rings. The lowest BCUT2D eigenvalue weighted by Crippen LogP contribution is -2.36. The van der Waals surface area contributed by atoms with Gasteiger partial charge in [0.15, 0.2) is 0 Å². The highest BCUT2D eigenvalue weighted by Gasteiger charge is 2.23. The van der Waals surface area contributed by atoms with Gasteiger partial charge >= 0.3 is 0 Å². The Balaban J connectivity index is 1.98. The molecule has 1 heterocycles. The van der Waals surface area contributed by atoms with Gasteiger partial charge in [-0.1, -0.05) is 41.9 Å². The van der Waals surface area contributed by atoms with Crippen LogP contribution in [0.25, 0.3) is 0 Å². The van der Waals surface area contributed by atoms with Crippen molar-refractivity contribution in [1.82, 2.24) is 5.32 Å². The Labute approximate surface area is 123 Å². The van der Waals surface area contributed by atoms with Gasteiger partial charge in [0.2, 0.25) is 0 Å². The van der Waals surface area contributed by atoms with E-state index >= 15 is 0 Å². The summed E-state index contributed by atoms with van der Waals surface area (Å²) in [6.45, 7) is 4.39. The topological polar surface area (TPSA) is 32.3 Å². The first kappa shape index (κ1) is 14.5. The maximum absolute atomic E-state index is 10.5. The summed E-state index contributed by atoms with van der Waals surface area (Å²) in [5.74, 6) is 0. The second-order valence-corrected chi connectivity index (χ2v) is 6.63. The minimum absolute atomic E-state index is 0.174. The van der Waals surface area contributed by atoms with Crippen LogP contribution in [0, 0.1) is 0 Å². The number of aliphatic hydroxyl groups is 1. The summed E-state index contributed by atoms with van der Waals surface area (Å²) in [5, 5.41) is 13.9. The second kappa shape index (κ2) is 6.06. The minimum atomic E-state index is -0.878. The standard InChI is InChI=1S/C15H18ClNOS/c1-11(13-8-9-14(16)19-13)17-10-15(2,18)12-6-4-3-5-7-12/h3-9,11,17-18H,10H2,1-2H3. The molecule has 0 radical (unpaired) electrons. The van der Waals surface area contributed by atoms with E-state index in [9.17, 15) is 5.11 Å². The van der Waals surface area contributed by atoms with Crippen molar-refractivity contribution in [3.8, 4) is 0 Å². The number of halogens is 1. The van der Waals surface area contributed by atoms with E-state index in [4.69, 9.17) is 11.6 Å². The predicted octanol–water partition coefficient (Wildman–Crippen LogP) is 3.96. The highest BCUT2D eigenvalue weighted by atomic mass is 35.5. The molecule has 4 heteroatoms. The minimum Gasteiger partial charge on any atom is -0.384 e. The van der Waals surface area contributed by atoms with Crippen LogP contribution < -0.4 is 5.32 Å². The van der Waals surface area contributed by atoms with E-state index in [1.165, 1.54) is 4.88 Å². The van der Waals surface area contributed by atoms with Crippen LogP contribution in [0.4, 0.5) is 0 Å². The largest absolute Gasteiger partial charge is 0.384 e. The molecule has 1 aromatic heterocycles. The number of thiophene rings is 1. The number of hydrogen-bond acceptors (Lipinski definition) is 3. The summed E-state index contributed by atoms with van der Waals surface area (Å²) in [4.78, 5) is 1.17. The van der Waals surface area contributed by atoms with Gasteiger partial charge in [-0.05, 0) is 31.5 Å².